The van der Waals surface area contributed by atoms with Crippen LogP contribution in [0, 0.1) is 0 Å². The lowest BCUT2D eigenvalue weighted by Gasteiger charge is -2.00. The summed E-state index contributed by atoms with van der Waals surface area (Å²) in [4.78, 5) is 27.7. The van der Waals surface area contributed by atoms with E-state index in [1.165, 1.54) is 0 Å². The molecule has 7 nitrogen and oxygen atoms in total. The molecule has 1 aromatic rings. The smallest absolute Gasteiger partial charge is 0.354 e. The molecule has 1 heterocycles. The van der Waals surface area contributed by atoms with Crippen LogP contribution in [0.4, 0.5) is 0 Å². The first kappa shape index (κ1) is 10.2. The van der Waals surface area contributed by atoms with Gasteiger partial charge in [-0.05, 0) is 0 Å². The SMILES string of the molecule is O=C(NCCO)c1nc[nH]c1C(=O)O. The van der Waals surface area contributed by atoms with Crippen molar-refractivity contribution in [2.24, 2.45) is 0 Å². The van der Waals surface area contributed by atoms with E-state index in [4.69, 9.17) is 10.2 Å². The van der Waals surface area contributed by atoms with Crippen LogP contribution in [0.1, 0.15) is 21.0 Å². The fourth-order valence-electron chi connectivity index (χ4n) is 0.883. The molecule has 0 fully saturated rings. The second kappa shape index (κ2) is 4.38. The van der Waals surface area contributed by atoms with Crippen LogP contribution in [-0.4, -0.2) is 45.2 Å². The number of aliphatic hydroxyl groups excluding tert-OH is 1. The number of aromatic amines is 1. The van der Waals surface area contributed by atoms with Gasteiger partial charge in [0, 0.05) is 6.54 Å². The van der Waals surface area contributed by atoms with E-state index in [1.807, 2.05) is 0 Å². The number of carbonyl (C=O) groups excluding carboxylic acids is 1. The Morgan fingerprint density at radius 2 is 2.29 bits per heavy atom. The van der Waals surface area contributed by atoms with Crippen molar-refractivity contribution in [3.05, 3.63) is 17.7 Å². The van der Waals surface area contributed by atoms with Gasteiger partial charge in [-0.15, -0.1) is 0 Å². The Labute approximate surface area is 78.8 Å². The number of hydrogen-bond donors (Lipinski definition) is 4. The van der Waals surface area contributed by atoms with Gasteiger partial charge in [0.05, 0.1) is 12.9 Å². The van der Waals surface area contributed by atoms with Crippen molar-refractivity contribution >= 4 is 11.9 Å². The van der Waals surface area contributed by atoms with Gasteiger partial charge < -0.3 is 20.5 Å². The van der Waals surface area contributed by atoms with Gasteiger partial charge in [-0.2, -0.15) is 0 Å². The number of nitrogens with zero attached hydrogens (tertiary/aromatic N) is 1. The number of carboxylic acid groups (broad SMARTS) is 1. The van der Waals surface area contributed by atoms with E-state index < -0.39 is 11.9 Å². The van der Waals surface area contributed by atoms with Gasteiger partial charge in [0.1, 0.15) is 0 Å². The Morgan fingerprint density at radius 1 is 1.57 bits per heavy atom. The van der Waals surface area contributed by atoms with Crippen LogP contribution in [0.15, 0.2) is 6.33 Å². The quantitative estimate of drug-likeness (QED) is 0.487. The zero-order chi connectivity index (χ0) is 10.6. The lowest BCUT2D eigenvalue weighted by atomic mass is 10.3. The first-order valence-electron chi connectivity index (χ1n) is 3.82. The number of carboxylic acids is 1. The van der Waals surface area contributed by atoms with Gasteiger partial charge in [0.2, 0.25) is 0 Å². The molecule has 1 rings (SSSR count). The number of carbonyl (C=O) groups is 2. The summed E-state index contributed by atoms with van der Waals surface area (Å²) < 4.78 is 0. The van der Waals surface area contributed by atoms with Crippen molar-refractivity contribution < 1.29 is 19.8 Å². The van der Waals surface area contributed by atoms with Gasteiger partial charge in [-0.3, -0.25) is 4.79 Å². The molecule has 0 radical (unpaired) electrons. The van der Waals surface area contributed by atoms with Crippen LogP contribution in [-0.2, 0) is 0 Å². The molecule has 0 aliphatic carbocycles. The molecule has 4 N–H and O–H groups in total. The maximum atomic E-state index is 11.2. The van der Waals surface area contributed by atoms with Crippen molar-refractivity contribution in [1.82, 2.24) is 15.3 Å². The van der Waals surface area contributed by atoms with Crippen molar-refractivity contribution in [3.8, 4) is 0 Å². The first-order chi connectivity index (χ1) is 6.66. The topological polar surface area (TPSA) is 115 Å². The minimum absolute atomic E-state index is 0.0603. The van der Waals surface area contributed by atoms with E-state index in [9.17, 15) is 9.59 Å². The molecule has 0 saturated heterocycles. The molecule has 1 amide bonds. The van der Waals surface area contributed by atoms with E-state index in [0.29, 0.717) is 0 Å². The molecule has 14 heavy (non-hydrogen) atoms. The summed E-state index contributed by atoms with van der Waals surface area (Å²) in [7, 11) is 0. The van der Waals surface area contributed by atoms with E-state index in [-0.39, 0.29) is 24.5 Å². The highest BCUT2D eigenvalue weighted by Gasteiger charge is 2.18. The predicted octanol–water partition coefficient (Wildman–Crippen LogP) is -1.17. The molecule has 0 atom stereocenters. The Hall–Kier alpha value is -1.89. The number of aliphatic hydroxyl groups is 1. The summed E-state index contributed by atoms with van der Waals surface area (Å²) in [5.41, 5.74) is -0.452. The fraction of sp³-hybridized carbons (Fsp3) is 0.286. The fourth-order valence-corrected chi connectivity index (χ4v) is 0.883. The van der Waals surface area contributed by atoms with Crippen LogP contribution in [0.5, 0.6) is 0 Å². The molecule has 0 aliphatic rings. The van der Waals surface area contributed by atoms with Gasteiger partial charge in [0.15, 0.2) is 11.4 Å². The summed E-state index contributed by atoms with van der Waals surface area (Å²) >= 11 is 0. The van der Waals surface area contributed by atoms with Gasteiger partial charge in [-0.25, -0.2) is 9.78 Å². The minimum Gasteiger partial charge on any atom is -0.477 e. The molecular weight excluding hydrogens is 190 g/mol. The maximum absolute atomic E-state index is 11.2. The first-order valence-corrected chi connectivity index (χ1v) is 3.82. The van der Waals surface area contributed by atoms with E-state index in [0.717, 1.165) is 6.33 Å². The Balaban J connectivity index is 2.79. The normalized spacial score (nSPS) is 9.79. The highest BCUT2D eigenvalue weighted by molar-refractivity contribution is 6.02. The monoisotopic (exact) mass is 199 g/mol. The zero-order valence-corrected chi connectivity index (χ0v) is 7.15. The third-order valence-corrected chi connectivity index (χ3v) is 1.47. The summed E-state index contributed by atoms with van der Waals surface area (Å²) in [6.45, 7) is -0.149. The zero-order valence-electron chi connectivity index (χ0n) is 7.15. The van der Waals surface area contributed by atoms with Crippen molar-refractivity contribution in [2.45, 2.75) is 0 Å². The molecule has 7 heteroatoms. The second-order valence-corrected chi connectivity index (χ2v) is 2.41. The largest absolute Gasteiger partial charge is 0.477 e. The van der Waals surface area contributed by atoms with Gasteiger partial charge in [0.25, 0.3) is 5.91 Å². The van der Waals surface area contributed by atoms with E-state index >= 15 is 0 Å². The minimum atomic E-state index is -1.25. The van der Waals surface area contributed by atoms with Crippen molar-refractivity contribution in [3.63, 3.8) is 0 Å². The number of aromatic nitrogens is 2. The number of imidazole rings is 1. The number of amides is 1. The van der Waals surface area contributed by atoms with Gasteiger partial charge in [-0.1, -0.05) is 0 Å². The molecule has 1 aromatic heterocycles. The van der Waals surface area contributed by atoms with Crippen LogP contribution in [0.3, 0.4) is 0 Å². The van der Waals surface area contributed by atoms with Crippen LogP contribution < -0.4 is 5.32 Å². The predicted molar refractivity (Wildman–Crippen MR) is 45.0 cm³/mol. The molecule has 0 bridgehead atoms. The Morgan fingerprint density at radius 3 is 2.86 bits per heavy atom. The van der Waals surface area contributed by atoms with Crippen LogP contribution in [0.25, 0.3) is 0 Å². The lowest BCUT2D eigenvalue weighted by molar-refractivity contribution is 0.0685. The summed E-state index contributed by atoms with van der Waals surface area (Å²) in [5, 5.41) is 19.4. The number of rotatable bonds is 4. The Bertz CT molecular complexity index is 346. The van der Waals surface area contributed by atoms with Crippen LogP contribution >= 0.6 is 0 Å². The molecular formula is C7H9N3O4. The third-order valence-electron chi connectivity index (χ3n) is 1.47. The highest BCUT2D eigenvalue weighted by atomic mass is 16.4. The Kier molecular flexibility index (Phi) is 3.19. The molecule has 0 aromatic carbocycles. The molecule has 0 saturated carbocycles. The average Bonchev–Trinajstić information content (AvgIpc) is 2.62. The average molecular weight is 199 g/mol. The van der Waals surface area contributed by atoms with Crippen molar-refractivity contribution in [1.29, 1.82) is 0 Å². The molecule has 76 valence electrons. The number of nitrogens with one attached hydrogen (secondary N) is 2. The van der Waals surface area contributed by atoms with Crippen molar-refractivity contribution in [2.75, 3.05) is 13.2 Å². The second-order valence-electron chi connectivity index (χ2n) is 2.41. The molecule has 0 unspecified atom stereocenters. The maximum Gasteiger partial charge on any atom is 0.354 e. The summed E-state index contributed by atoms with van der Waals surface area (Å²) in [5.74, 6) is -1.88. The van der Waals surface area contributed by atoms with E-state index in [1.54, 1.807) is 0 Å². The summed E-state index contributed by atoms with van der Waals surface area (Å²) in [6.07, 6.45) is 1.12. The lowest BCUT2D eigenvalue weighted by Crippen LogP contribution is -2.28. The highest BCUT2D eigenvalue weighted by Crippen LogP contribution is 2.01. The molecule has 0 aliphatic heterocycles. The number of hydrogen-bond acceptors (Lipinski definition) is 4. The summed E-state index contributed by atoms with van der Waals surface area (Å²) in [6, 6.07) is 0. The standard InChI is InChI=1S/C7H9N3O4/c11-2-1-8-6(12)4-5(7(13)14)10-3-9-4/h3,11H,1-2H2,(H,8,12)(H,9,10)(H,13,14). The number of H-pyrrole nitrogens is 1. The number of aromatic carboxylic acids is 1. The third kappa shape index (κ3) is 2.07. The molecule has 0 spiro atoms. The van der Waals surface area contributed by atoms with Crippen LogP contribution in [0.2, 0.25) is 0 Å². The van der Waals surface area contributed by atoms with E-state index in [2.05, 4.69) is 15.3 Å². The van der Waals surface area contributed by atoms with Gasteiger partial charge >= 0.3 is 5.97 Å².